The van der Waals surface area contributed by atoms with E-state index in [4.69, 9.17) is 0 Å². The Labute approximate surface area is 78.5 Å². The second-order valence-corrected chi connectivity index (χ2v) is 4.40. The Morgan fingerprint density at radius 1 is 1.50 bits per heavy atom. The molecule has 12 heavy (non-hydrogen) atoms. The van der Waals surface area contributed by atoms with E-state index in [1.165, 1.54) is 11.8 Å². The number of rotatable bonds is 2. The lowest BCUT2D eigenvalue weighted by atomic mass is 10.6. The van der Waals surface area contributed by atoms with Crippen LogP contribution in [0.4, 0.5) is 0 Å². The fourth-order valence-electron chi connectivity index (χ4n) is 0.766. The molecule has 0 aliphatic heterocycles. The molecule has 0 radical (unpaired) electrons. The molecule has 3 nitrogen and oxygen atoms in total. The third-order valence-corrected chi connectivity index (χ3v) is 2.72. The number of hydrogen-bond donors (Lipinski definition) is 0. The minimum Gasteiger partial charge on any atom is -0.253 e. The van der Waals surface area contributed by atoms with Gasteiger partial charge in [-0.2, -0.15) is 0 Å². The fraction of sp³-hybridized carbons (Fsp3) is 0.429. The minimum atomic E-state index is -1.02. The lowest BCUT2D eigenvalue weighted by Crippen LogP contribution is -1.97. The highest BCUT2D eigenvalue weighted by molar-refractivity contribution is 7.98. The molecule has 0 N–H and O–H groups in total. The van der Waals surface area contributed by atoms with Crippen LogP contribution < -0.4 is 0 Å². The van der Waals surface area contributed by atoms with Gasteiger partial charge in [0, 0.05) is 12.3 Å². The Balaban J connectivity index is 3.15. The average molecular weight is 202 g/mol. The highest BCUT2D eigenvalue weighted by Gasteiger charge is 2.03. The van der Waals surface area contributed by atoms with Crippen molar-refractivity contribution in [3.05, 3.63) is 11.9 Å². The number of aryl methyl sites for hydroxylation is 1. The Kier molecular flexibility index (Phi) is 3.22. The van der Waals surface area contributed by atoms with Gasteiger partial charge in [0.05, 0.1) is 10.8 Å². The largest absolute Gasteiger partial charge is 0.253 e. The van der Waals surface area contributed by atoms with Crippen LogP contribution in [-0.2, 0) is 10.8 Å². The van der Waals surface area contributed by atoms with Crippen molar-refractivity contribution in [3.8, 4) is 0 Å². The maximum Gasteiger partial charge on any atom is 0.131 e. The molecule has 66 valence electrons. The monoisotopic (exact) mass is 202 g/mol. The number of hydrogen-bond acceptors (Lipinski definition) is 4. The van der Waals surface area contributed by atoms with Crippen molar-refractivity contribution in [3.63, 3.8) is 0 Å². The number of thioether (sulfide) groups is 1. The van der Waals surface area contributed by atoms with E-state index in [-0.39, 0.29) is 0 Å². The van der Waals surface area contributed by atoms with Crippen molar-refractivity contribution in [1.82, 2.24) is 9.97 Å². The zero-order valence-electron chi connectivity index (χ0n) is 7.20. The molecular weight excluding hydrogens is 192 g/mol. The molecule has 1 aromatic rings. The molecule has 1 unspecified atom stereocenters. The van der Waals surface area contributed by atoms with Gasteiger partial charge in [0.1, 0.15) is 15.9 Å². The zero-order chi connectivity index (χ0) is 9.14. The second-order valence-electron chi connectivity index (χ2n) is 2.25. The molecule has 0 bridgehead atoms. The van der Waals surface area contributed by atoms with Crippen LogP contribution in [-0.4, -0.2) is 26.7 Å². The summed E-state index contributed by atoms with van der Waals surface area (Å²) in [4.78, 5) is 8.21. The van der Waals surface area contributed by atoms with Crippen molar-refractivity contribution in [2.45, 2.75) is 17.0 Å². The molecule has 0 amide bonds. The smallest absolute Gasteiger partial charge is 0.131 e. The van der Waals surface area contributed by atoms with Gasteiger partial charge in [0.2, 0.25) is 0 Å². The summed E-state index contributed by atoms with van der Waals surface area (Å²) in [6.45, 7) is 1.80. The SMILES string of the molecule is CSc1cc(S(C)=O)nc(C)n1. The summed E-state index contributed by atoms with van der Waals surface area (Å²) < 4.78 is 11.1. The molecule has 1 atom stereocenters. The molecule has 0 aromatic carbocycles. The first kappa shape index (κ1) is 9.67. The van der Waals surface area contributed by atoms with Gasteiger partial charge in [0.15, 0.2) is 0 Å². The van der Waals surface area contributed by atoms with Gasteiger partial charge in [-0.05, 0) is 13.2 Å². The molecule has 1 heterocycles. The van der Waals surface area contributed by atoms with Gasteiger partial charge < -0.3 is 0 Å². The van der Waals surface area contributed by atoms with Gasteiger partial charge in [-0.1, -0.05) is 0 Å². The maximum absolute atomic E-state index is 11.1. The molecule has 0 aliphatic carbocycles. The van der Waals surface area contributed by atoms with Gasteiger partial charge in [-0.3, -0.25) is 4.21 Å². The van der Waals surface area contributed by atoms with Crippen LogP contribution in [0.2, 0.25) is 0 Å². The van der Waals surface area contributed by atoms with Crippen LogP contribution in [0.25, 0.3) is 0 Å². The highest BCUT2D eigenvalue weighted by atomic mass is 32.2. The number of aromatic nitrogens is 2. The molecule has 1 rings (SSSR count). The molecule has 0 spiro atoms. The first-order valence-corrected chi connectivity index (χ1v) is 6.15. The minimum absolute atomic E-state index is 0.604. The summed E-state index contributed by atoms with van der Waals surface area (Å²) in [6.07, 6.45) is 3.55. The fourth-order valence-corrected chi connectivity index (χ4v) is 1.83. The van der Waals surface area contributed by atoms with Gasteiger partial charge in [-0.15, -0.1) is 11.8 Å². The molecule has 5 heteroatoms. The van der Waals surface area contributed by atoms with Crippen molar-refractivity contribution in [2.24, 2.45) is 0 Å². The summed E-state index contributed by atoms with van der Waals surface area (Å²) in [5.74, 6) is 0.673. The topological polar surface area (TPSA) is 42.9 Å². The maximum atomic E-state index is 11.1. The highest BCUT2D eigenvalue weighted by Crippen LogP contribution is 2.13. The Bertz CT molecular complexity index is 314. The summed E-state index contributed by atoms with van der Waals surface area (Å²) in [6, 6.07) is 1.76. The Hall–Kier alpha value is -0.420. The van der Waals surface area contributed by atoms with Crippen molar-refractivity contribution in [2.75, 3.05) is 12.5 Å². The van der Waals surface area contributed by atoms with Crippen LogP contribution >= 0.6 is 11.8 Å². The number of nitrogens with zero attached hydrogens (tertiary/aromatic N) is 2. The first-order valence-electron chi connectivity index (χ1n) is 3.36. The third-order valence-electron chi connectivity index (χ3n) is 1.29. The van der Waals surface area contributed by atoms with Crippen molar-refractivity contribution in [1.29, 1.82) is 0 Å². The summed E-state index contributed by atoms with van der Waals surface area (Å²) >= 11 is 1.53. The second kappa shape index (κ2) is 4.00. The van der Waals surface area contributed by atoms with Crippen LogP contribution in [0.1, 0.15) is 5.82 Å². The average Bonchev–Trinajstić information content (AvgIpc) is 2.03. The first-order chi connectivity index (χ1) is 5.63. The molecule has 1 aromatic heterocycles. The predicted molar refractivity (Wildman–Crippen MR) is 50.9 cm³/mol. The van der Waals surface area contributed by atoms with Gasteiger partial charge >= 0.3 is 0 Å². The standard InChI is InChI=1S/C7H10N2OS2/c1-5-8-6(11-2)4-7(9-5)12(3)10/h4H,1-3H3. The molecule has 0 aliphatic rings. The van der Waals surface area contributed by atoms with Crippen molar-refractivity contribution >= 4 is 22.6 Å². The lowest BCUT2D eigenvalue weighted by Gasteiger charge is -2.00. The van der Waals surface area contributed by atoms with E-state index in [0.29, 0.717) is 10.9 Å². The van der Waals surface area contributed by atoms with E-state index in [0.717, 1.165) is 5.03 Å². The van der Waals surface area contributed by atoms with Crippen LogP contribution in [0.5, 0.6) is 0 Å². The third kappa shape index (κ3) is 2.28. The zero-order valence-corrected chi connectivity index (χ0v) is 8.83. The lowest BCUT2D eigenvalue weighted by molar-refractivity contribution is 0.682. The van der Waals surface area contributed by atoms with Crippen LogP contribution in [0, 0.1) is 6.92 Å². The quantitative estimate of drug-likeness (QED) is 0.534. The summed E-state index contributed by atoms with van der Waals surface area (Å²) in [5, 5.41) is 1.47. The predicted octanol–water partition coefficient (Wildman–Crippen LogP) is 1.24. The van der Waals surface area contributed by atoms with E-state index < -0.39 is 10.8 Å². The Morgan fingerprint density at radius 2 is 2.17 bits per heavy atom. The van der Waals surface area contributed by atoms with E-state index in [9.17, 15) is 4.21 Å². The normalized spacial score (nSPS) is 12.9. The molecule has 0 saturated carbocycles. The molecule has 0 fully saturated rings. The Morgan fingerprint density at radius 3 is 2.67 bits per heavy atom. The van der Waals surface area contributed by atoms with Gasteiger partial charge in [-0.25, -0.2) is 9.97 Å². The van der Waals surface area contributed by atoms with E-state index in [1.54, 1.807) is 19.2 Å². The molecule has 0 saturated heterocycles. The van der Waals surface area contributed by atoms with E-state index >= 15 is 0 Å². The molecular formula is C7H10N2OS2. The van der Waals surface area contributed by atoms with E-state index in [1.807, 2.05) is 6.26 Å². The summed E-state index contributed by atoms with van der Waals surface area (Å²) in [7, 11) is -1.02. The van der Waals surface area contributed by atoms with E-state index in [2.05, 4.69) is 9.97 Å². The van der Waals surface area contributed by atoms with Crippen LogP contribution in [0.3, 0.4) is 0 Å². The van der Waals surface area contributed by atoms with Crippen LogP contribution in [0.15, 0.2) is 16.1 Å². The van der Waals surface area contributed by atoms with Crippen molar-refractivity contribution < 1.29 is 4.21 Å². The van der Waals surface area contributed by atoms with Gasteiger partial charge in [0.25, 0.3) is 0 Å². The summed E-state index contributed by atoms with van der Waals surface area (Å²) in [5.41, 5.74) is 0.